The number of Topliss-reactive ketones (excluding diaryl/α,β-unsaturated/α-hetero) is 1. The van der Waals surface area contributed by atoms with Crippen molar-refractivity contribution in [1.82, 2.24) is 4.31 Å². The molecule has 0 spiro atoms. The molecule has 6 nitrogen and oxygen atoms in total. The number of hydrogen-bond donors (Lipinski definition) is 1. The maximum Gasteiger partial charge on any atom is 0.322 e. The van der Waals surface area contributed by atoms with E-state index in [1.165, 1.54) is 0 Å². The van der Waals surface area contributed by atoms with Gasteiger partial charge in [0, 0.05) is 6.42 Å². The Bertz CT molecular complexity index is 374. The Morgan fingerprint density at radius 2 is 2.20 bits per heavy atom. The predicted molar refractivity (Wildman–Crippen MR) is 51.8 cm³/mol. The normalized spacial score (nSPS) is 23.3. The minimum Gasteiger partial charge on any atom is -0.480 e. The average molecular weight is 235 g/mol. The molecule has 1 saturated heterocycles. The van der Waals surface area contributed by atoms with Crippen molar-refractivity contribution < 1.29 is 23.1 Å². The van der Waals surface area contributed by atoms with Crippen molar-refractivity contribution >= 4 is 21.8 Å². The van der Waals surface area contributed by atoms with Gasteiger partial charge in [-0.3, -0.25) is 9.59 Å². The number of sulfonamides is 1. The summed E-state index contributed by atoms with van der Waals surface area (Å²) in [4.78, 5) is 21.8. The van der Waals surface area contributed by atoms with Crippen LogP contribution in [0.2, 0.25) is 0 Å². The van der Waals surface area contributed by atoms with E-state index in [2.05, 4.69) is 0 Å². The molecule has 0 aromatic carbocycles. The lowest BCUT2D eigenvalue weighted by molar-refractivity contribution is -0.141. The molecule has 0 radical (unpaired) electrons. The molecule has 1 aliphatic heterocycles. The van der Waals surface area contributed by atoms with E-state index >= 15 is 0 Å². The van der Waals surface area contributed by atoms with Gasteiger partial charge < -0.3 is 5.11 Å². The van der Waals surface area contributed by atoms with E-state index in [-0.39, 0.29) is 24.5 Å². The van der Waals surface area contributed by atoms with Crippen molar-refractivity contribution in [2.24, 2.45) is 0 Å². The molecule has 1 fully saturated rings. The largest absolute Gasteiger partial charge is 0.480 e. The lowest BCUT2D eigenvalue weighted by Crippen LogP contribution is -2.41. The second kappa shape index (κ2) is 4.28. The molecule has 1 heterocycles. The van der Waals surface area contributed by atoms with E-state index in [9.17, 15) is 18.0 Å². The van der Waals surface area contributed by atoms with Crippen LogP contribution in [0.1, 0.15) is 19.8 Å². The van der Waals surface area contributed by atoms with Gasteiger partial charge in [-0.1, -0.05) is 6.92 Å². The molecule has 0 aromatic rings. The molecule has 1 atom stereocenters. The highest BCUT2D eigenvalue weighted by atomic mass is 32.2. The van der Waals surface area contributed by atoms with Gasteiger partial charge in [-0.25, -0.2) is 8.42 Å². The number of rotatable bonds is 4. The Morgan fingerprint density at radius 3 is 2.67 bits per heavy atom. The van der Waals surface area contributed by atoms with Crippen LogP contribution < -0.4 is 0 Å². The first-order chi connectivity index (χ1) is 6.88. The molecular weight excluding hydrogens is 222 g/mol. The SMILES string of the molecule is CCCS(=O)(=O)N1CC(=O)CC1C(=O)O. The molecule has 0 amide bonds. The summed E-state index contributed by atoms with van der Waals surface area (Å²) < 4.78 is 24.0. The van der Waals surface area contributed by atoms with E-state index in [1.807, 2.05) is 0 Å². The molecule has 1 rings (SSSR count). The number of nitrogens with zero attached hydrogens (tertiary/aromatic N) is 1. The summed E-state index contributed by atoms with van der Waals surface area (Å²) in [7, 11) is -3.61. The third kappa shape index (κ3) is 2.54. The van der Waals surface area contributed by atoms with Crippen LogP contribution in [-0.4, -0.2) is 47.9 Å². The van der Waals surface area contributed by atoms with Crippen LogP contribution in [0.25, 0.3) is 0 Å². The highest BCUT2D eigenvalue weighted by molar-refractivity contribution is 7.89. The molecule has 0 bridgehead atoms. The van der Waals surface area contributed by atoms with Gasteiger partial charge in [0.15, 0.2) is 0 Å². The quantitative estimate of drug-likeness (QED) is 0.706. The minimum atomic E-state index is -3.61. The summed E-state index contributed by atoms with van der Waals surface area (Å²) >= 11 is 0. The summed E-state index contributed by atoms with van der Waals surface area (Å²) in [6, 6.07) is -1.21. The van der Waals surface area contributed by atoms with E-state index < -0.39 is 22.0 Å². The molecule has 7 heteroatoms. The topological polar surface area (TPSA) is 91.8 Å². The smallest absolute Gasteiger partial charge is 0.322 e. The van der Waals surface area contributed by atoms with Crippen molar-refractivity contribution in [3.05, 3.63) is 0 Å². The first-order valence-electron chi connectivity index (χ1n) is 4.62. The number of aliphatic carboxylic acids is 1. The van der Waals surface area contributed by atoms with Gasteiger partial charge in [0.1, 0.15) is 11.8 Å². The summed E-state index contributed by atoms with van der Waals surface area (Å²) in [5.74, 6) is -1.73. The van der Waals surface area contributed by atoms with Crippen molar-refractivity contribution in [3.8, 4) is 0 Å². The van der Waals surface area contributed by atoms with Crippen LogP contribution in [0.4, 0.5) is 0 Å². The molecule has 1 N–H and O–H groups in total. The summed E-state index contributed by atoms with van der Waals surface area (Å²) in [5, 5.41) is 8.77. The summed E-state index contributed by atoms with van der Waals surface area (Å²) in [5.41, 5.74) is 0. The zero-order valence-corrected chi connectivity index (χ0v) is 9.16. The highest BCUT2D eigenvalue weighted by Gasteiger charge is 2.42. The van der Waals surface area contributed by atoms with Gasteiger partial charge in [-0.2, -0.15) is 4.31 Å². The first kappa shape index (κ1) is 12.1. The lowest BCUT2D eigenvalue weighted by Gasteiger charge is -2.19. The molecule has 1 unspecified atom stereocenters. The Labute approximate surface area is 87.9 Å². The third-order valence-corrected chi connectivity index (χ3v) is 4.23. The van der Waals surface area contributed by atoms with E-state index in [0.29, 0.717) is 6.42 Å². The number of carbonyl (C=O) groups is 2. The maximum absolute atomic E-state index is 11.6. The number of carboxylic acid groups (broad SMARTS) is 1. The van der Waals surface area contributed by atoms with E-state index in [4.69, 9.17) is 5.11 Å². The van der Waals surface area contributed by atoms with Crippen LogP contribution in [0.15, 0.2) is 0 Å². The number of carbonyl (C=O) groups excluding carboxylic acids is 1. The molecule has 0 aliphatic carbocycles. The minimum absolute atomic E-state index is 0.121. The van der Waals surface area contributed by atoms with E-state index in [0.717, 1.165) is 4.31 Å². The first-order valence-corrected chi connectivity index (χ1v) is 6.23. The molecule has 15 heavy (non-hydrogen) atoms. The number of hydrogen-bond acceptors (Lipinski definition) is 4. The van der Waals surface area contributed by atoms with Crippen molar-refractivity contribution in [3.63, 3.8) is 0 Å². The third-order valence-electron chi connectivity index (χ3n) is 2.21. The Balaban J connectivity index is 2.93. The number of ketones is 1. The molecule has 0 saturated carbocycles. The van der Waals surface area contributed by atoms with Gasteiger partial charge in [-0.15, -0.1) is 0 Å². The van der Waals surface area contributed by atoms with Crippen molar-refractivity contribution in [2.75, 3.05) is 12.3 Å². The van der Waals surface area contributed by atoms with Crippen LogP contribution in [0.5, 0.6) is 0 Å². The maximum atomic E-state index is 11.6. The Kier molecular flexibility index (Phi) is 3.46. The average Bonchev–Trinajstić information content (AvgIpc) is 2.47. The van der Waals surface area contributed by atoms with Crippen LogP contribution in [0, 0.1) is 0 Å². The standard InChI is InChI=1S/C8H13NO5S/c1-2-3-15(13,14)9-5-6(10)4-7(9)8(11)12/h7H,2-5H2,1H3,(H,11,12). The second-order valence-electron chi connectivity index (χ2n) is 3.46. The van der Waals surface area contributed by atoms with Gasteiger partial charge in [0.25, 0.3) is 0 Å². The van der Waals surface area contributed by atoms with E-state index in [1.54, 1.807) is 6.92 Å². The van der Waals surface area contributed by atoms with Crippen LogP contribution in [0.3, 0.4) is 0 Å². The summed E-state index contributed by atoms with van der Waals surface area (Å²) in [6.45, 7) is 1.38. The molecule has 0 aromatic heterocycles. The lowest BCUT2D eigenvalue weighted by atomic mass is 10.2. The van der Waals surface area contributed by atoms with Gasteiger partial charge in [-0.05, 0) is 6.42 Å². The predicted octanol–water partition coefficient (Wildman–Crippen LogP) is -0.546. The van der Waals surface area contributed by atoms with Crippen molar-refractivity contribution in [1.29, 1.82) is 0 Å². The zero-order chi connectivity index (χ0) is 11.6. The number of carboxylic acids is 1. The van der Waals surface area contributed by atoms with Crippen LogP contribution >= 0.6 is 0 Å². The van der Waals surface area contributed by atoms with Crippen molar-refractivity contribution in [2.45, 2.75) is 25.8 Å². The molecule has 1 aliphatic rings. The molecular formula is C8H13NO5S. The second-order valence-corrected chi connectivity index (χ2v) is 5.50. The van der Waals surface area contributed by atoms with Gasteiger partial charge >= 0.3 is 5.97 Å². The summed E-state index contributed by atoms with van der Waals surface area (Å²) in [6.07, 6.45) is 0.178. The fraction of sp³-hybridized carbons (Fsp3) is 0.750. The van der Waals surface area contributed by atoms with Crippen LogP contribution in [-0.2, 0) is 19.6 Å². The molecule has 86 valence electrons. The van der Waals surface area contributed by atoms with Gasteiger partial charge in [0.2, 0.25) is 10.0 Å². The zero-order valence-electron chi connectivity index (χ0n) is 8.34. The fourth-order valence-corrected chi connectivity index (χ4v) is 3.19. The van der Waals surface area contributed by atoms with Gasteiger partial charge in [0.05, 0.1) is 12.3 Å². The Morgan fingerprint density at radius 1 is 1.60 bits per heavy atom. The highest BCUT2D eigenvalue weighted by Crippen LogP contribution is 2.19. The fourth-order valence-electron chi connectivity index (χ4n) is 1.54. The monoisotopic (exact) mass is 235 g/mol. The Hall–Kier alpha value is -0.950.